The van der Waals surface area contributed by atoms with Gasteiger partial charge in [-0.2, -0.15) is 0 Å². The molecule has 1 aromatic heterocycles. The Bertz CT molecular complexity index is 773. The summed E-state index contributed by atoms with van der Waals surface area (Å²) in [5.41, 5.74) is 1.86. The van der Waals surface area contributed by atoms with Crippen LogP contribution in [0.25, 0.3) is 0 Å². The third kappa shape index (κ3) is 3.37. The fourth-order valence-electron chi connectivity index (χ4n) is 3.80. The van der Waals surface area contributed by atoms with E-state index in [4.69, 9.17) is 9.47 Å². The van der Waals surface area contributed by atoms with Crippen LogP contribution in [0.4, 0.5) is 0 Å². The monoisotopic (exact) mass is 354 g/mol. The number of nitrogens with zero attached hydrogens (tertiary/aromatic N) is 2. The van der Waals surface area contributed by atoms with Gasteiger partial charge in [-0.15, -0.1) is 0 Å². The lowest BCUT2D eigenvalue weighted by atomic mass is 9.97. The smallest absolute Gasteiger partial charge is 0.325 e. The van der Waals surface area contributed by atoms with Crippen LogP contribution in [0.1, 0.15) is 30.0 Å². The lowest BCUT2D eigenvalue weighted by Gasteiger charge is -2.36. The summed E-state index contributed by atoms with van der Waals surface area (Å²) in [6.45, 7) is 1.97. The zero-order valence-corrected chi connectivity index (χ0v) is 14.5. The van der Waals surface area contributed by atoms with Gasteiger partial charge in [-0.3, -0.25) is 14.7 Å². The summed E-state index contributed by atoms with van der Waals surface area (Å²) in [6, 6.07) is 8.88. The molecule has 1 fully saturated rings. The number of pyridine rings is 1. The van der Waals surface area contributed by atoms with Crippen LogP contribution in [-0.4, -0.2) is 46.8 Å². The van der Waals surface area contributed by atoms with Gasteiger partial charge in [0.15, 0.2) is 0 Å². The van der Waals surface area contributed by atoms with E-state index in [1.54, 1.807) is 12.4 Å². The second-order valence-electron chi connectivity index (χ2n) is 6.72. The Kier molecular flexibility index (Phi) is 4.75. The molecule has 0 aliphatic carbocycles. The first-order valence-corrected chi connectivity index (χ1v) is 9.00. The normalized spacial score (nSPS) is 18.8. The fraction of sp³-hybridized carbons (Fsp3) is 0.400. The summed E-state index contributed by atoms with van der Waals surface area (Å²) in [7, 11) is 0. The zero-order valence-electron chi connectivity index (χ0n) is 14.5. The minimum Gasteiger partial charge on any atom is -0.493 e. The summed E-state index contributed by atoms with van der Waals surface area (Å²) in [5, 5.41) is 9.87. The highest BCUT2D eigenvalue weighted by Gasteiger charge is 2.34. The fourth-order valence-corrected chi connectivity index (χ4v) is 3.80. The number of piperidine rings is 1. The Morgan fingerprint density at radius 1 is 1.27 bits per heavy atom. The van der Waals surface area contributed by atoms with Gasteiger partial charge in [0.1, 0.15) is 23.6 Å². The highest BCUT2D eigenvalue weighted by molar-refractivity contribution is 5.77. The number of para-hydroxylation sites is 1. The van der Waals surface area contributed by atoms with Crippen molar-refractivity contribution < 1.29 is 19.4 Å². The quantitative estimate of drug-likeness (QED) is 0.890. The van der Waals surface area contributed by atoms with Crippen molar-refractivity contribution in [3.8, 4) is 11.5 Å². The predicted octanol–water partition coefficient (Wildman–Crippen LogP) is 2.69. The first-order valence-electron chi connectivity index (χ1n) is 9.00. The minimum atomic E-state index is -0.833. The molecule has 3 heterocycles. The average Bonchev–Trinajstić information content (AvgIpc) is 3.14. The van der Waals surface area contributed by atoms with Crippen LogP contribution in [0, 0.1) is 0 Å². The second-order valence-corrected chi connectivity index (χ2v) is 6.72. The van der Waals surface area contributed by atoms with Gasteiger partial charge < -0.3 is 14.6 Å². The number of aromatic nitrogens is 1. The lowest BCUT2D eigenvalue weighted by molar-refractivity contribution is -0.144. The maximum absolute atomic E-state index is 12.0. The van der Waals surface area contributed by atoms with Crippen molar-refractivity contribution in [3.63, 3.8) is 0 Å². The van der Waals surface area contributed by atoms with E-state index in [2.05, 4.69) is 4.98 Å². The van der Waals surface area contributed by atoms with Crippen molar-refractivity contribution in [3.05, 3.63) is 53.9 Å². The largest absolute Gasteiger partial charge is 0.493 e. The lowest BCUT2D eigenvalue weighted by Crippen LogP contribution is -2.43. The molecule has 1 N–H and O–H groups in total. The highest BCUT2D eigenvalue weighted by atomic mass is 16.5. The van der Waals surface area contributed by atoms with Crippen molar-refractivity contribution >= 4 is 5.97 Å². The second kappa shape index (κ2) is 7.33. The van der Waals surface area contributed by atoms with Gasteiger partial charge in [0, 0.05) is 31.3 Å². The Hall–Kier alpha value is -2.60. The molecular weight excluding hydrogens is 332 g/mol. The Balaban J connectivity index is 1.46. The number of benzene rings is 1. The number of aliphatic carboxylic acids is 1. The van der Waals surface area contributed by atoms with Crippen LogP contribution in [0.5, 0.6) is 11.5 Å². The van der Waals surface area contributed by atoms with Crippen molar-refractivity contribution in [2.45, 2.75) is 31.4 Å². The summed E-state index contributed by atoms with van der Waals surface area (Å²) in [5.74, 6) is 0.684. The summed E-state index contributed by atoms with van der Waals surface area (Å²) in [6.07, 6.45) is 5.92. The molecule has 26 heavy (non-hydrogen) atoms. The molecule has 0 spiro atoms. The third-order valence-electron chi connectivity index (χ3n) is 5.05. The van der Waals surface area contributed by atoms with Crippen molar-refractivity contribution in [2.75, 3.05) is 19.7 Å². The van der Waals surface area contributed by atoms with Crippen molar-refractivity contribution in [1.82, 2.24) is 9.88 Å². The van der Waals surface area contributed by atoms with Gasteiger partial charge in [0.05, 0.1) is 12.8 Å². The molecule has 0 unspecified atom stereocenters. The molecule has 0 amide bonds. The van der Waals surface area contributed by atoms with E-state index in [0.717, 1.165) is 41.9 Å². The highest BCUT2D eigenvalue weighted by Crippen LogP contribution is 2.37. The van der Waals surface area contributed by atoms with E-state index < -0.39 is 12.0 Å². The summed E-state index contributed by atoms with van der Waals surface area (Å²) >= 11 is 0. The SMILES string of the molecule is O=C(O)[C@H](c1cccc2c1OCC2)N1CCC(Oc2cccnc2)CC1. The van der Waals surface area contributed by atoms with Crippen LogP contribution in [0.15, 0.2) is 42.7 Å². The van der Waals surface area contributed by atoms with E-state index in [9.17, 15) is 9.90 Å². The van der Waals surface area contributed by atoms with Crippen molar-refractivity contribution in [1.29, 1.82) is 0 Å². The molecule has 2 aliphatic rings. The predicted molar refractivity (Wildman–Crippen MR) is 95.5 cm³/mol. The Morgan fingerprint density at radius 2 is 2.12 bits per heavy atom. The molecule has 136 valence electrons. The van der Waals surface area contributed by atoms with E-state index in [1.165, 1.54) is 0 Å². The third-order valence-corrected chi connectivity index (χ3v) is 5.05. The molecule has 6 heteroatoms. The first-order chi connectivity index (χ1) is 12.7. The number of hydrogen-bond acceptors (Lipinski definition) is 5. The van der Waals surface area contributed by atoms with E-state index in [-0.39, 0.29) is 6.10 Å². The van der Waals surface area contributed by atoms with E-state index in [1.807, 2.05) is 35.2 Å². The van der Waals surface area contributed by atoms with Crippen LogP contribution < -0.4 is 9.47 Å². The summed E-state index contributed by atoms with van der Waals surface area (Å²) in [4.78, 5) is 18.1. The first kappa shape index (κ1) is 16.8. The molecule has 1 atom stereocenters. The number of rotatable bonds is 5. The Morgan fingerprint density at radius 3 is 2.85 bits per heavy atom. The number of carboxylic acid groups (broad SMARTS) is 1. The number of likely N-dealkylation sites (tertiary alicyclic amines) is 1. The number of carbonyl (C=O) groups is 1. The summed E-state index contributed by atoms with van der Waals surface area (Å²) < 4.78 is 11.7. The molecule has 2 aliphatic heterocycles. The van der Waals surface area contributed by atoms with Crippen LogP contribution in [0.2, 0.25) is 0 Å². The van der Waals surface area contributed by atoms with Gasteiger partial charge >= 0.3 is 5.97 Å². The Labute approximate surface area is 152 Å². The van der Waals surface area contributed by atoms with Crippen LogP contribution >= 0.6 is 0 Å². The maximum atomic E-state index is 12.0. The maximum Gasteiger partial charge on any atom is 0.325 e. The van der Waals surface area contributed by atoms with Gasteiger partial charge in [-0.05, 0) is 30.5 Å². The minimum absolute atomic E-state index is 0.0858. The van der Waals surface area contributed by atoms with Crippen LogP contribution in [-0.2, 0) is 11.2 Å². The zero-order chi connectivity index (χ0) is 17.9. The molecule has 6 nitrogen and oxygen atoms in total. The average molecular weight is 354 g/mol. The van der Waals surface area contributed by atoms with E-state index >= 15 is 0 Å². The van der Waals surface area contributed by atoms with Gasteiger partial charge in [0.2, 0.25) is 0 Å². The molecule has 4 rings (SSSR count). The van der Waals surface area contributed by atoms with Crippen LogP contribution in [0.3, 0.4) is 0 Å². The molecule has 0 saturated carbocycles. The molecule has 1 saturated heterocycles. The van der Waals surface area contributed by atoms with Gasteiger partial charge in [0.25, 0.3) is 0 Å². The molecule has 0 bridgehead atoms. The number of fused-ring (bicyclic) bond motifs is 1. The standard InChI is InChI=1S/C20H22N2O4/c23-20(24)18(17-5-1-3-14-8-12-25-19(14)17)22-10-6-15(7-11-22)26-16-4-2-9-21-13-16/h1-5,9,13,15,18H,6-8,10-12H2,(H,23,24)/t18-/m0/s1. The number of ether oxygens (including phenoxy) is 2. The number of carboxylic acids is 1. The van der Waals surface area contributed by atoms with Crippen molar-refractivity contribution in [2.24, 2.45) is 0 Å². The topological polar surface area (TPSA) is 71.9 Å². The molecule has 2 aromatic rings. The number of hydrogen-bond donors (Lipinski definition) is 1. The van der Waals surface area contributed by atoms with Gasteiger partial charge in [-0.25, -0.2) is 0 Å². The molecule has 1 aromatic carbocycles. The molecular formula is C20H22N2O4. The van der Waals surface area contributed by atoms with Gasteiger partial charge in [-0.1, -0.05) is 18.2 Å². The van der Waals surface area contributed by atoms with E-state index in [0.29, 0.717) is 19.7 Å². The molecule has 0 radical (unpaired) electrons.